The number of hydrogen-bond donors (Lipinski definition) is 4. The Balaban J connectivity index is 0.000000334. The van der Waals surface area contributed by atoms with E-state index in [1.165, 1.54) is 11.8 Å². The lowest BCUT2D eigenvalue weighted by Gasteiger charge is -2.40. The first-order chi connectivity index (χ1) is 22.6. The number of esters is 1. The van der Waals surface area contributed by atoms with Gasteiger partial charge in [0.1, 0.15) is 12.4 Å². The number of unbranched alkanes of at least 4 members (excludes halogenated alkanes) is 2. The molecule has 0 aliphatic carbocycles. The van der Waals surface area contributed by atoms with Crippen LogP contribution in [0, 0.1) is 18.3 Å². The number of carbonyl (C=O) groups excluding carboxylic acids is 5. The van der Waals surface area contributed by atoms with Gasteiger partial charge in [-0.05, 0) is 54.4 Å². The number of hydrogen-bond acceptors (Lipinski definition) is 10. The van der Waals surface area contributed by atoms with Crippen LogP contribution in [0.1, 0.15) is 90.2 Å². The third kappa shape index (κ3) is 13.6. The highest BCUT2D eigenvalue weighted by Crippen LogP contribution is 2.39. The standard InChI is InChI=1S/C18H31N3O4.C16H20O7/c1-14(2)18(3)11-16(24)21(17(25)12-18)10-6-4-5-7-15(23)20-9-8-19-13-22;1-9-5-11(8-21-10(2)17)3-4-13(9)22-15-7-12(18)6-14(23-15)16(19)20/h13-14H,4-12H2,1-3H3,(H,19,22)(H,20,23);3-5,12,14-15,18H,6-8H2,1-2H3,(H,19,20). The first-order valence-electron chi connectivity index (χ1n) is 16.4. The minimum atomic E-state index is -1.12. The number of likely N-dealkylation sites (tertiary alicyclic amines) is 1. The van der Waals surface area contributed by atoms with Crippen LogP contribution in [0.4, 0.5) is 0 Å². The molecule has 3 atom stereocenters. The number of nitrogens with zero attached hydrogens (tertiary/aromatic N) is 1. The number of amides is 4. The van der Waals surface area contributed by atoms with Crippen molar-refractivity contribution in [2.45, 2.75) is 111 Å². The number of aryl methyl sites for hydroxylation is 1. The van der Waals surface area contributed by atoms with E-state index in [1.807, 2.05) is 19.9 Å². The molecule has 2 heterocycles. The molecule has 1 aromatic carbocycles. The Bertz CT molecular complexity index is 1250. The van der Waals surface area contributed by atoms with Crippen LogP contribution in [0.3, 0.4) is 0 Å². The number of carbonyl (C=O) groups is 6. The molecule has 14 heteroatoms. The molecular formula is C34H51N3O11. The topological polar surface area (TPSA) is 198 Å². The molecule has 0 radical (unpaired) electrons. The van der Waals surface area contributed by atoms with Gasteiger partial charge >= 0.3 is 11.9 Å². The molecule has 3 unspecified atom stereocenters. The van der Waals surface area contributed by atoms with Crippen LogP contribution in [-0.2, 0) is 44.8 Å². The van der Waals surface area contributed by atoms with Crippen LogP contribution in [0.5, 0.6) is 5.75 Å². The van der Waals surface area contributed by atoms with E-state index in [1.54, 1.807) is 12.1 Å². The van der Waals surface area contributed by atoms with Crippen LogP contribution in [-0.4, -0.2) is 89.3 Å². The van der Waals surface area contributed by atoms with Crippen LogP contribution in [0.25, 0.3) is 0 Å². The first-order valence-corrected chi connectivity index (χ1v) is 16.4. The summed E-state index contributed by atoms with van der Waals surface area (Å²) in [4.78, 5) is 69.4. The zero-order valence-electron chi connectivity index (χ0n) is 28.6. The SMILES string of the molecule is CC(=O)OCc1ccc(OC2CC(O)CC(C(=O)O)O2)c(C)c1.CC(C)C1(C)CC(=O)N(CCCCCC(=O)NCCNC=O)C(=O)C1. The lowest BCUT2D eigenvalue weighted by Crippen LogP contribution is -2.48. The Labute approximate surface area is 281 Å². The van der Waals surface area contributed by atoms with Crippen molar-refractivity contribution in [1.82, 2.24) is 15.5 Å². The van der Waals surface area contributed by atoms with E-state index < -0.39 is 24.5 Å². The van der Waals surface area contributed by atoms with Gasteiger partial charge in [0.25, 0.3) is 0 Å². The van der Waals surface area contributed by atoms with Crippen LogP contribution in [0.15, 0.2) is 18.2 Å². The second-order valence-electron chi connectivity index (χ2n) is 12.8. The van der Waals surface area contributed by atoms with Gasteiger partial charge in [0.15, 0.2) is 6.10 Å². The number of ether oxygens (including phenoxy) is 3. The average molecular weight is 678 g/mol. The van der Waals surface area contributed by atoms with Gasteiger partial charge in [0, 0.05) is 58.7 Å². The molecule has 4 N–H and O–H groups in total. The Hall–Kier alpha value is -4.04. The number of carboxylic acids is 1. The first kappa shape index (κ1) is 40.1. The van der Waals surface area contributed by atoms with E-state index in [0.717, 1.165) is 24.0 Å². The number of aliphatic carboxylic acids is 1. The maximum absolute atomic E-state index is 12.3. The van der Waals surface area contributed by atoms with Gasteiger partial charge in [0.05, 0.1) is 6.10 Å². The van der Waals surface area contributed by atoms with E-state index >= 15 is 0 Å². The molecule has 2 saturated heterocycles. The maximum Gasteiger partial charge on any atom is 0.333 e. The summed E-state index contributed by atoms with van der Waals surface area (Å²) in [6.45, 7) is 10.7. The van der Waals surface area contributed by atoms with Crippen LogP contribution in [0.2, 0.25) is 0 Å². The summed E-state index contributed by atoms with van der Waals surface area (Å²) in [6.07, 6.45) is 1.66. The highest BCUT2D eigenvalue weighted by molar-refractivity contribution is 5.98. The van der Waals surface area contributed by atoms with Crippen molar-refractivity contribution in [2.24, 2.45) is 11.3 Å². The van der Waals surface area contributed by atoms with Crippen molar-refractivity contribution in [1.29, 1.82) is 0 Å². The van der Waals surface area contributed by atoms with Gasteiger partial charge in [0.2, 0.25) is 30.4 Å². The molecule has 14 nitrogen and oxygen atoms in total. The Morgan fingerprint density at radius 2 is 1.79 bits per heavy atom. The number of benzene rings is 1. The number of carboxylic acid groups (broad SMARTS) is 1. The molecule has 3 rings (SSSR count). The lowest BCUT2D eigenvalue weighted by atomic mass is 9.71. The van der Waals surface area contributed by atoms with E-state index in [4.69, 9.17) is 19.3 Å². The molecule has 2 fully saturated rings. The maximum atomic E-state index is 12.3. The number of piperidine rings is 1. The second kappa shape index (κ2) is 19.7. The van der Waals surface area contributed by atoms with Crippen molar-refractivity contribution < 1.29 is 53.2 Å². The van der Waals surface area contributed by atoms with Crippen molar-refractivity contribution in [2.75, 3.05) is 19.6 Å². The molecule has 0 bridgehead atoms. The number of nitrogens with one attached hydrogen (secondary N) is 2. The normalized spacial score (nSPS) is 20.3. The molecule has 48 heavy (non-hydrogen) atoms. The zero-order valence-corrected chi connectivity index (χ0v) is 28.6. The van der Waals surface area contributed by atoms with Crippen LogP contribution < -0.4 is 15.4 Å². The van der Waals surface area contributed by atoms with Crippen molar-refractivity contribution in [3.63, 3.8) is 0 Å². The molecule has 0 aromatic heterocycles. The van der Waals surface area contributed by atoms with Gasteiger partial charge in [-0.1, -0.05) is 33.3 Å². The monoisotopic (exact) mass is 677 g/mol. The summed E-state index contributed by atoms with van der Waals surface area (Å²) < 4.78 is 15.9. The predicted octanol–water partition coefficient (Wildman–Crippen LogP) is 2.61. The molecule has 4 amide bonds. The fourth-order valence-corrected chi connectivity index (χ4v) is 5.25. The van der Waals surface area contributed by atoms with Gasteiger partial charge in [-0.25, -0.2) is 4.79 Å². The lowest BCUT2D eigenvalue weighted by molar-refractivity contribution is -0.195. The van der Waals surface area contributed by atoms with Crippen molar-refractivity contribution in [3.05, 3.63) is 29.3 Å². The number of aliphatic hydroxyl groups excluding tert-OH is 1. The number of rotatable bonds is 16. The highest BCUT2D eigenvalue weighted by atomic mass is 16.7. The average Bonchev–Trinajstić information content (AvgIpc) is 3.00. The molecule has 0 spiro atoms. The smallest absolute Gasteiger partial charge is 0.333 e. The predicted molar refractivity (Wildman–Crippen MR) is 173 cm³/mol. The fourth-order valence-electron chi connectivity index (χ4n) is 5.25. The minimum absolute atomic E-state index is 0.0504. The molecular weight excluding hydrogens is 626 g/mol. The quantitative estimate of drug-likeness (QED) is 0.0868. The molecule has 0 saturated carbocycles. The molecule has 2 aliphatic rings. The van der Waals surface area contributed by atoms with E-state index in [-0.39, 0.29) is 48.6 Å². The highest BCUT2D eigenvalue weighted by Gasteiger charge is 2.42. The third-order valence-corrected chi connectivity index (χ3v) is 8.55. The number of aliphatic hydroxyl groups is 1. The van der Waals surface area contributed by atoms with Crippen LogP contribution >= 0.6 is 0 Å². The van der Waals surface area contributed by atoms with E-state index in [2.05, 4.69) is 24.5 Å². The summed E-state index contributed by atoms with van der Waals surface area (Å²) in [7, 11) is 0. The number of imide groups is 1. The van der Waals surface area contributed by atoms with Crippen molar-refractivity contribution in [3.8, 4) is 5.75 Å². The molecule has 2 aliphatic heterocycles. The summed E-state index contributed by atoms with van der Waals surface area (Å²) in [5, 5.41) is 23.9. The van der Waals surface area contributed by atoms with Gasteiger partial charge in [-0.15, -0.1) is 0 Å². The Morgan fingerprint density at radius 3 is 2.38 bits per heavy atom. The van der Waals surface area contributed by atoms with E-state index in [0.29, 0.717) is 63.4 Å². The molecule has 1 aromatic rings. The summed E-state index contributed by atoms with van der Waals surface area (Å²) in [5.41, 5.74) is 1.38. The third-order valence-electron chi connectivity index (χ3n) is 8.55. The summed E-state index contributed by atoms with van der Waals surface area (Å²) in [6, 6.07) is 5.26. The van der Waals surface area contributed by atoms with Gasteiger partial charge < -0.3 is 35.1 Å². The van der Waals surface area contributed by atoms with Crippen molar-refractivity contribution >= 4 is 36.1 Å². The van der Waals surface area contributed by atoms with Gasteiger partial charge in [-0.2, -0.15) is 0 Å². The second-order valence-corrected chi connectivity index (χ2v) is 12.8. The van der Waals surface area contributed by atoms with Gasteiger partial charge in [-0.3, -0.25) is 28.9 Å². The minimum Gasteiger partial charge on any atom is -0.479 e. The molecule has 268 valence electrons. The fraction of sp³-hybridized carbons (Fsp3) is 0.647. The summed E-state index contributed by atoms with van der Waals surface area (Å²) in [5.74, 6) is -0.855. The largest absolute Gasteiger partial charge is 0.479 e. The Kier molecular flexibility index (Phi) is 16.5. The summed E-state index contributed by atoms with van der Waals surface area (Å²) >= 11 is 0. The zero-order chi connectivity index (χ0) is 35.9. The Morgan fingerprint density at radius 1 is 1.10 bits per heavy atom. The van der Waals surface area contributed by atoms with E-state index in [9.17, 15) is 33.9 Å².